The van der Waals surface area contributed by atoms with E-state index in [-0.39, 0.29) is 5.54 Å². The van der Waals surface area contributed by atoms with Gasteiger partial charge in [0.15, 0.2) is 0 Å². The summed E-state index contributed by atoms with van der Waals surface area (Å²) in [6, 6.07) is 0. The van der Waals surface area contributed by atoms with Crippen LogP contribution >= 0.6 is 0 Å². The zero-order chi connectivity index (χ0) is 9.90. The van der Waals surface area contributed by atoms with E-state index in [1.54, 1.807) is 24.8 Å². The molecule has 0 aliphatic heterocycles. The minimum Gasteiger partial charge on any atom is -0.478 e. The first-order valence-corrected chi connectivity index (χ1v) is 3.93. The number of hydrogen-bond acceptors (Lipinski definition) is 2. The van der Waals surface area contributed by atoms with Crippen molar-refractivity contribution in [1.29, 1.82) is 0 Å². The molecule has 0 aliphatic rings. The predicted octanol–water partition coefficient (Wildman–Crippen LogP) is 1.26. The van der Waals surface area contributed by atoms with Gasteiger partial charge in [-0.3, -0.25) is 0 Å². The first kappa shape index (κ1) is 9.51. The quantitative estimate of drug-likeness (QED) is 0.712. The van der Waals surface area contributed by atoms with E-state index >= 15 is 0 Å². The van der Waals surface area contributed by atoms with Crippen molar-refractivity contribution in [3.8, 4) is 0 Å². The lowest BCUT2D eigenvalue weighted by atomic mass is 10.1. The maximum atomic E-state index is 10.3. The molecule has 1 aromatic rings. The Labute approximate surface area is 76.5 Å². The molecule has 1 aromatic heterocycles. The molecular formula is C9H12N2O2. The largest absolute Gasteiger partial charge is 0.478 e. The minimum atomic E-state index is -0.937. The molecule has 0 fully saturated rings. The third kappa shape index (κ3) is 2.43. The van der Waals surface area contributed by atoms with Crippen LogP contribution < -0.4 is 0 Å². The number of aliphatic carboxylic acids is 1. The van der Waals surface area contributed by atoms with E-state index in [2.05, 4.69) is 4.98 Å². The molecule has 4 nitrogen and oxygen atoms in total. The molecule has 0 amide bonds. The molecule has 0 spiro atoms. The third-order valence-corrected chi connectivity index (χ3v) is 1.80. The Kier molecular flexibility index (Phi) is 2.51. The first-order valence-electron chi connectivity index (χ1n) is 3.93. The zero-order valence-electron chi connectivity index (χ0n) is 7.64. The number of carbonyl (C=O) groups is 1. The number of nitrogens with zero attached hydrogens (tertiary/aromatic N) is 2. The molecule has 1 N–H and O–H groups in total. The van der Waals surface area contributed by atoms with Gasteiger partial charge in [-0.05, 0) is 13.8 Å². The molecule has 1 heterocycles. The van der Waals surface area contributed by atoms with Gasteiger partial charge >= 0.3 is 5.97 Å². The van der Waals surface area contributed by atoms with Crippen molar-refractivity contribution < 1.29 is 9.90 Å². The Hall–Kier alpha value is -1.58. The third-order valence-electron chi connectivity index (χ3n) is 1.80. The van der Waals surface area contributed by atoms with Gasteiger partial charge in [-0.1, -0.05) is 6.08 Å². The minimum absolute atomic E-state index is 0.352. The number of aromatic nitrogens is 2. The summed E-state index contributed by atoms with van der Waals surface area (Å²) in [4.78, 5) is 14.2. The standard InChI is InChI=1S/C9H12N2O2/c1-9(2,4-3-8(12)13)11-6-5-10-7-11/h3-7H,1-2H3,(H,12,13)/b4-3+. The van der Waals surface area contributed by atoms with Crippen molar-refractivity contribution in [1.82, 2.24) is 9.55 Å². The van der Waals surface area contributed by atoms with E-state index in [0.29, 0.717) is 0 Å². The van der Waals surface area contributed by atoms with Crippen molar-refractivity contribution in [2.45, 2.75) is 19.4 Å². The van der Waals surface area contributed by atoms with Gasteiger partial charge in [-0.15, -0.1) is 0 Å². The normalized spacial score (nSPS) is 12.2. The van der Waals surface area contributed by atoms with Crippen LogP contribution in [0.2, 0.25) is 0 Å². The van der Waals surface area contributed by atoms with Gasteiger partial charge in [-0.25, -0.2) is 9.78 Å². The highest BCUT2D eigenvalue weighted by atomic mass is 16.4. The molecular weight excluding hydrogens is 168 g/mol. The summed E-state index contributed by atoms with van der Waals surface area (Å²) in [6.45, 7) is 3.82. The van der Waals surface area contributed by atoms with E-state index in [4.69, 9.17) is 5.11 Å². The van der Waals surface area contributed by atoms with Crippen LogP contribution in [0, 0.1) is 0 Å². The SMILES string of the molecule is CC(C)(/C=C/C(=O)O)n1ccnc1. The fourth-order valence-corrected chi connectivity index (χ4v) is 0.961. The monoisotopic (exact) mass is 180 g/mol. The highest BCUT2D eigenvalue weighted by Crippen LogP contribution is 2.15. The van der Waals surface area contributed by atoms with Crippen LogP contribution in [-0.4, -0.2) is 20.6 Å². The lowest BCUT2D eigenvalue weighted by Crippen LogP contribution is -2.22. The Morgan fingerprint density at radius 3 is 2.77 bits per heavy atom. The number of carboxylic acid groups (broad SMARTS) is 1. The van der Waals surface area contributed by atoms with E-state index < -0.39 is 5.97 Å². The van der Waals surface area contributed by atoms with Crippen molar-refractivity contribution in [2.75, 3.05) is 0 Å². The number of rotatable bonds is 3. The highest BCUT2D eigenvalue weighted by molar-refractivity contribution is 5.79. The molecule has 0 unspecified atom stereocenters. The predicted molar refractivity (Wildman–Crippen MR) is 48.3 cm³/mol. The van der Waals surface area contributed by atoms with Crippen molar-refractivity contribution in [3.63, 3.8) is 0 Å². The van der Waals surface area contributed by atoms with Gasteiger partial charge in [-0.2, -0.15) is 0 Å². The number of imidazole rings is 1. The van der Waals surface area contributed by atoms with Crippen LogP contribution in [-0.2, 0) is 10.3 Å². The second kappa shape index (κ2) is 3.43. The Morgan fingerprint density at radius 2 is 2.31 bits per heavy atom. The summed E-state index contributed by atoms with van der Waals surface area (Å²) in [5, 5.41) is 8.46. The molecule has 13 heavy (non-hydrogen) atoms. The fraction of sp³-hybridized carbons (Fsp3) is 0.333. The van der Waals surface area contributed by atoms with E-state index in [9.17, 15) is 4.79 Å². The summed E-state index contributed by atoms with van der Waals surface area (Å²) in [7, 11) is 0. The smallest absolute Gasteiger partial charge is 0.328 e. The molecule has 1 rings (SSSR count). The van der Waals surface area contributed by atoms with Crippen molar-refractivity contribution in [3.05, 3.63) is 30.9 Å². The summed E-state index contributed by atoms with van der Waals surface area (Å²) < 4.78 is 1.84. The van der Waals surface area contributed by atoms with E-state index in [1.807, 2.05) is 18.4 Å². The zero-order valence-corrected chi connectivity index (χ0v) is 7.64. The summed E-state index contributed by atoms with van der Waals surface area (Å²) in [6.07, 6.45) is 7.88. The van der Waals surface area contributed by atoms with Gasteiger partial charge in [0.2, 0.25) is 0 Å². The second-order valence-corrected chi connectivity index (χ2v) is 3.30. The summed E-state index contributed by atoms with van der Waals surface area (Å²) in [5.74, 6) is -0.937. The molecule has 0 bridgehead atoms. The number of carboxylic acids is 1. The molecule has 0 saturated carbocycles. The Bertz CT molecular complexity index is 312. The van der Waals surface area contributed by atoms with Crippen molar-refractivity contribution >= 4 is 5.97 Å². The molecule has 0 radical (unpaired) electrons. The van der Waals surface area contributed by atoms with Gasteiger partial charge in [0, 0.05) is 18.5 Å². The number of allylic oxidation sites excluding steroid dienone is 1. The Balaban J connectivity index is 2.83. The molecule has 0 aliphatic carbocycles. The molecule has 0 aromatic carbocycles. The second-order valence-electron chi connectivity index (χ2n) is 3.30. The summed E-state index contributed by atoms with van der Waals surface area (Å²) in [5.41, 5.74) is -0.352. The van der Waals surface area contributed by atoms with Crippen LogP contribution in [0.15, 0.2) is 30.9 Å². The average Bonchev–Trinajstić information content (AvgIpc) is 2.53. The van der Waals surface area contributed by atoms with Gasteiger partial charge in [0.1, 0.15) is 0 Å². The number of hydrogen-bond donors (Lipinski definition) is 1. The maximum Gasteiger partial charge on any atom is 0.328 e. The van der Waals surface area contributed by atoms with Gasteiger partial charge in [0.25, 0.3) is 0 Å². The van der Waals surface area contributed by atoms with Crippen LogP contribution in [0.4, 0.5) is 0 Å². The fourth-order valence-electron chi connectivity index (χ4n) is 0.961. The van der Waals surface area contributed by atoms with Crippen molar-refractivity contribution in [2.24, 2.45) is 0 Å². The van der Waals surface area contributed by atoms with E-state index in [0.717, 1.165) is 6.08 Å². The summed E-state index contributed by atoms with van der Waals surface area (Å²) >= 11 is 0. The lowest BCUT2D eigenvalue weighted by molar-refractivity contribution is -0.131. The van der Waals surface area contributed by atoms with Crippen LogP contribution in [0.3, 0.4) is 0 Å². The first-order chi connectivity index (χ1) is 6.02. The van der Waals surface area contributed by atoms with E-state index in [1.165, 1.54) is 0 Å². The molecule has 0 atom stereocenters. The highest BCUT2D eigenvalue weighted by Gasteiger charge is 2.15. The molecule has 0 saturated heterocycles. The molecule has 70 valence electrons. The van der Waals surface area contributed by atoms with Gasteiger partial charge in [0.05, 0.1) is 11.9 Å². The Morgan fingerprint density at radius 1 is 1.62 bits per heavy atom. The van der Waals surface area contributed by atoms with Crippen LogP contribution in [0.5, 0.6) is 0 Å². The molecule has 4 heteroatoms. The topological polar surface area (TPSA) is 55.1 Å². The lowest BCUT2D eigenvalue weighted by Gasteiger charge is -2.21. The average molecular weight is 180 g/mol. The van der Waals surface area contributed by atoms with Crippen LogP contribution in [0.1, 0.15) is 13.8 Å². The maximum absolute atomic E-state index is 10.3. The van der Waals surface area contributed by atoms with Crippen LogP contribution in [0.25, 0.3) is 0 Å². The van der Waals surface area contributed by atoms with Gasteiger partial charge < -0.3 is 9.67 Å².